The Labute approximate surface area is 221 Å². The van der Waals surface area contributed by atoms with Crippen molar-refractivity contribution < 1.29 is 19.1 Å². The third-order valence-corrected chi connectivity index (χ3v) is 8.54. The maximum Gasteiger partial charge on any atom is 0.265 e. The molecule has 0 aromatic heterocycles. The molecule has 4 aliphatic rings. The van der Waals surface area contributed by atoms with Gasteiger partial charge in [-0.05, 0) is 49.6 Å². The van der Waals surface area contributed by atoms with Crippen LogP contribution in [0.5, 0.6) is 5.75 Å². The molecule has 4 heterocycles. The van der Waals surface area contributed by atoms with Crippen molar-refractivity contribution >= 4 is 40.7 Å². The third-order valence-electron chi connectivity index (χ3n) is 8.31. The van der Waals surface area contributed by atoms with Gasteiger partial charge in [-0.25, -0.2) is 0 Å². The first kappa shape index (κ1) is 24.1. The fourth-order valence-electron chi connectivity index (χ4n) is 6.28. The minimum Gasteiger partial charge on any atom is -0.482 e. The van der Waals surface area contributed by atoms with Gasteiger partial charge in [0.1, 0.15) is 12.3 Å². The molecule has 0 unspecified atom stereocenters. The van der Waals surface area contributed by atoms with E-state index in [9.17, 15) is 14.4 Å². The Balaban J connectivity index is 1.07. The van der Waals surface area contributed by atoms with E-state index in [-0.39, 0.29) is 42.8 Å². The Morgan fingerprint density at radius 2 is 1.76 bits per heavy atom. The number of benzene rings is 2. The van der Waals surface area contributed by atoms with Gasteiger partial charge >= 0.3 is 0 Å². The van der Waals surface area contributed by atoms with Crippen molar-refractivity contribution in [3.05, 3.63) is 53.6 Å². The fraction of sp³-hybridized carbons (Fsp3) is 0.464. The van der Waals surface area contributed by atoms with Crippen molar-refractivity contribution in [2.75, 3.05) is 55.7 Å². The van der Waals surface area contributed by atoms with Crippen LogP contribution in [-0.4, -0.2) is 79.4 Å². The Morgan fingerprint density at radius 1 is 0.973 bits per heavy atom. The molecule has 2 aromatic carbocycles. The SMILES string of the molecule is O=C(CN1C(=O)COc2ccc(Cl)cc21)N1C[C@@H]2CCN(C(=O)C3CCN(c4ccccc4)CC3)[C@@H]2C1. The molecule has 6 rings (SSSR count). The molecule has 3 saturated heterocycles. The van der Waals surface area contributed by atoms with Gasteiger partial charge in [0.15, 0.2) is 6.61 Å². The van der Waals surface area contributed by atoms with Crippen molar-refractivity contribution in [2.24, 2.45) is 11.8 Å². The molecule has 0 bridgehead atoms. The van der Waals surface area contributed by atoms with Crippen LogP contribution in [0.1, 0.15) is 19.3 Å². The van der Waals surface area contributed by atoms with Crippen molar-refractivity contribution in [1.82, 2.24) is 9.80 Å². The van der Waals surface area contributed by atoms with Gasteiger partial charge in [0.25, 0.3) is 5.91 Å². The highest BCUT2D eigenvalue weighted by Gasteiger charge is 2.46. The number of carbonyl (C=O) groups is 3. The summed E-state index contributed by atoms with van der Waals surface area (Å²) in [6, 6.07) is 15.5. The molecule has 2 aromatic rings. The van der Waals surface area contributed by atoms with Gasteiger partial charge < -0.3 is 19.4 Å². The number of amides is 3. The molecule has 2 atom stereocenters. The maximum absolute atomic E-state index is 13.5. The Hall–Kier alpha value is -3.26. The minimum atomic E-state index is -0.263. The number of ether oxygens (including phenoxy) is 1. The number of hydrogen-bond acceptors (Lipinski definition) is 5. The van der Waals surface area contributed by atoms with Crippen LogP contribution in [0.2, 0.25) is 5.02 Å². The lowest BCUT2D eigenvalue weighted by Crippen LogP contribution is -2.48. The summed E-state index contributed by atoms with van der Waals surface area (Å²) in [5.74, 6) is 0.738. The van der Waals surface area contributed by atoms with E-state index in [1.165, 1.54) is 10.6 Å². The van der Waals surface area contributed by atoms with Gasteiger partial charge in [-0.15, -0.1) is 0 Å². The van der Waals surface area contributed by atoms with E-state index in [0.29, 0.717) is 35.5 Å². The first-order valence-electron chi connectivity index (χ1n) is 13.1. The second-order valence-corrected chi connectivity index (χ2v) is 10.9. The van der Waals surface area contributed by atoms with Crippen LogP contribution in [0.4, 0.5) is 11.4 Å². The lowest BCUT2D eigenvalue weighted by molar-refractivity contribution is -0.138. The summed E-state index contributed by atoms with van der Waals surface area (Å²) in [4.78, 5) is 47.0. The van der Waals surface area contributed by atoms with E-state index in [1.807, 2.05) is 28.0 Å². The van der Waals surface area contributed by atoms with Gasteiger partial charge in [-0.1, -0.05) is 29.8 Å². The van der Waals surface area contributed by atoms with Gasteiger partial charge in [-0.2, -0.15) is 0 Å². The Bertz CT molecular complexity index is 1200. The zero-order chi connectivity index (χ0) is 25.5. The summed E-state index contributed by atoms with van der Waals surface area (Å²) in [7, 11) is 0. The number of likely N-dealkylation sites (tertiary alicyclic amines) is 2. The number of halogens is 1. The average molecular weight is 523 g/mol. The molecule has 37 heavy (non-hydrogen) atoms. The zero-order valence-electron chi connectivity index (χ0n) is 20.7. The van der Waals surface area contributed by atoms with Gasteiger partial charge in [0, 0.05) is 55.3 Å². The lowest BCUT2D eigenvalue weighted by atomic mass is 9.94. The summed E-state index contributed by atoms with van der Waals surface area (Å²) in [5.41, 5.74) is 1.73. The monoisotopic (exact) mass is 522 g/mol. The highest BCUT2D eigenvalue weighted by Crippen LogP contribution is 2.36. The van der Waals surface area contributed by atoms with E-state index >= 15 is 0 Å². The molecule has 0 radical (unpaired) electrons. The second kappa shape index (κ2) is 9.89. The predicted molar refractivity (Wildman–Crippen MR) is 141 cm³/mol. The number of rotatable bonds is 4. The number of piperidine rings is 1. The van der Waals surface area contributed by atoms with E-state index in [0.717, 1.165) is 38.9 Å². The maximum atomic E-state index is 13.5. The normalized spacial score (nSPS) is 23.6. The van der Waals surface area contributed by atoms with Crippen LogP contribution in [-0.2, 0) is 14.4 Å². The number of hydrogen-bond donors (Lipinski definition) is 0. The molecule has 4 aliphatic heterocycles. The molecule has 0 N–H and O–H groups in total. The number of anilines is 2. The number of para-hydroxylation sites is 1. The van der Waals surface area contributed by atoms with E-state index in [4.69, 9.17) is 16.3 Å². The topological polar surface area (TPSA) is 73.4 Å². The standard InChI is InChI=1S/C28H31ClN4O4/c29-21-6-7-25-23(14-21)33(27(35)18-37-25)17-26(34)31-15-20-10-13-32(24(20)16-31)28(36)19-8-11-30(12-9-19)22-4-2-1-3-5-22/h1-7,14,19-20,24H,8-13,15-18H2/t20-,24+/m0/s1. The molecular formula is C28H31ClN4O4. The fourth-order valence-corrected chi connectivity index (χ4v) is 6.45. The smallest absolute Gasteiger partial charge is 0.265 e. The van der Waals surface area contributed by atoms with E-state index in [1.54, 1.807) is 18.2 Å². The van der Waals surface area contributed by atoms with Crippen molar-refractivity contribution in [3.63, 3.8) is 0 Å². The third kappa shape index (κ3) is 4.63. The van der Waals surface area contributed by atoms with Crippen LogP contribution in [0.15, 0.2) is 48.5 Å². The van der Waals surface area contributed by atoms with Crippen molar-refractivity contribution in [2.45, 2.75) is 25.3 Å². The lowest BCUT2D eigenvalue weighted by Gasteiger charge is -2.36. The largest absolute Gasteiger partial charge is 0.482 e. The molecule has 0 spiro atoms. The summed E-state index contributed by atoms with van der Waals surface area (Å²) in [6.45, 7) is 3.53. The molecular weight excluding hydrogens is 492 g/mol. The summed E-state index contributed by atoms with van der Waals surface area (Å²) < 4.78 is 5.50. The molecule has 8 nitrogen and oxygen atoms in total. The summed E-state index contributed by atoms with van der Waals surface area (Å²) >= 11 is 6.14. The molecule has 3 amide bonds. The first-order valence-corrected chi connectivity index (χ1v) is 13.5. The van der Waals surface area contributed by atoms with E-state index < -0.39 is 0 Å². The highest BCUT2D eigenvalue weighted by atomic mass is 35.5. The van der Waals surface area contributed by atoms with Crippen LogP contribution < -0.4 is 14.5 Å². The first-order chi connectivity index (χ1) is 18.0. The second-order valence-electron chi connectivity index (χ2n) is 10.4. The van der Waals surface area contributed by atoms with Crippen molar-refractivity contribution in [1.29, 1.82) is 0 Å². The minimum absolute atomic E-state index is 0.0377. The van der Waals surface area contributed by atoms with Gasteiger partial charge in [0.05, 0.1) is 11.7 Å². The quantitative estimate of drug-likeness (QED) is 0.617. The average Bonchev–Trinajstić information content (AvgIpc) is 3.52. The van der Waals surface area contributed by atoms with Crippen molar-refractivity contribution in [3.8, 4) is 5.75 Å². The highest BCUT2D eigenvalue weighted by molar-refractivity contribution is 6.31. The summed E-state index contributed by atoms with van der Waals surface area (Å²) in [6.07, 6.45) is 2.62. The van der Waals surface area contributed by atoms with Gasteiger partial charge in [0.2, 0.25) is 11.8 Å². The van der Waals surface area contributed by atoms with E-state index in [2.05, 4.69) is 17.0 Å². The number of fused-ring (bicyclic) bond motifs is 2. The molecule has 9 heteroatoms. The zero-order valence-corrected chi connectivity index (χ0v) is 21.5. The predicted octanol–water partition coefficient (Wildman–Crippen LogP) is 3.04. The molecule has 194 valence electrons. The molecule has 0 saturated carbocycles. The number of nitrogens with zero attached hydrogens (tertiary/aromatic N) is 4. The van der Waals surface area contributed by atoms with Crippen LogP contribution in [0.3, 0.4) is 0 Å². The molecule has 3 fully saturated rings. The summed E-state index contributed by atoms with van der Waals surface area (Å²) in [5, 5.41) is 0.481. The van der Waals surface area contributed by atoms with Crippen LogP contribution in [0, 0.1) is 11.8 Å². The van der Waals surface area contributed by atoms with Crippen LogP contribution in [0.25, 0.3) is 0 Å². The Kier molecular flexibility index (Phi) is 6.44. The Morgan fingerprint density at radius 3 is 2.54 bits per heavy atom. The number of carbonyl (C=O) groups excluding carboxylic acids is 3. The van der Waals surface area contributed by atoms with Crippen LogP contribution >= 0.6 is 11.6 Å². The van der Waals surface area contributed by atoms with Gasteiger partial charge in [-0.3, -0.25) is 19.3 Å². The molecule has 0 aliphatic carbocycles.